The van der Waals surface area contributed by atoms with Crippen LogP contribution in [0.15, 0.2) is 26.7 Å². The summed E-state index contributed by atoms with van der Waals surface area (Å²) in [6.45, 7) is 5.03. The second-order valence-corrected chi connectivity index (χ2v) is 5.80. The molecule has 0 aliphatic rings. The minimum atomic E-state index is 0.812. The second-order valence-electron chi connectivity index (χ2n) is 3.56. The van der Waals surface area contributed by atoms with Crippen molar-refractivity contribution in [3.05, 3.63) is 23.2 Å². The maximum Gasteiger partial charge on any atom is 0.123 e. The Bertz CT molecular complexity index is 460. The Morgan fingerprint density at radius 2 is 2.38 bits per heavy atom. The number of hydrogen-bond acceptors (Lipinski definition) is 4. The van der Waals surface area contributed by atoms with Gasteiger partial charge in [0.1, 0.15) is 5.03 Å². The lowest BCUT2D eigenvalue weighted by molar-refractivity contribution is 0.556. The number of anilines is 1. The van der Waals surface area contributed by atoms with Gasteiger partial charge in [0, 0.05) is 6.54 Å². The van der Waals surface area contributed by atoms with E-state index >= 15 is 0 Å². The van der Waals surface area contributed by atoms with Crippen molar-refractivity contribution >= 4 is 28.8 Å². The van der Waals surface area contributed by atoms with Gasteiger partial charge in [-0.25, -0.2) is 0 Å². The molecule has 16 heavy (non-hydrogen) atoms. The molecule has 0 spiro atoms. The molecule has 0 atom stereocenters. The fourth-order valence-electron chi connectivity index (χ4n) is 1.46. The SMILES string of the molecule is CCCn1nc(C)c(N)c1Sc1cccs1. The van der Waals surface area contributed by atoms with Crippen LogP contribution >= 0.6 is 23.1 Å². The van der Waals surface area contributed by atoms with Crippen LogP contribution in [0.25, 0.3) is 0 Å². The molecule has 0 bridgehead atoms. The molecule has 0 aliphatic heterocycles. The molecule has 0 fully saturated rings. The first-order chi connectivity index (χ1) is 7.72. The predicted octanol–water partition coefficient (Wildman–Crippen LogP) is 3.40. The molecule has 0 saturated carbocycles. The molecule has 2 rings (SSSR count). The van der Waals surface area contributed by atoms with Crippen molar-refractivity contribution in [1.29, 1.82) is 0 Å². The monoisotopic (exact) mass is 253 g/mol. The second kappa shape index (κ2) is 4.93. The van der Waals surface area contributed by atoms with E-state index in [4.69, 9.17) is 5.73 Å². The van der Waals surface area contributed by atoms with Crippen LogP contribution in [0.5, 0.6) is 0 Å². The van der Waals surface area contributed by atoms with Gasteiger partial charge in [0.25, 0.3) is 0 Å². The third-order valence-corrected chi connectivity index (χ3v) is 4.41. The van der Waals surface area contributed by atoms with E-state index in [-0.39, 0.29) is 0 Å². The van der Waals surface area contributed by atoms with Crippen LogP contribution in [0, 0.1) is 6.92 Å². The van der Waals surface area contributed by atoms with Crippen LogP contribution in [0.4, 0.5) is 5.69 Å². The van der Waals surface area contributed by atoms with E-state index in [1.54, 1.807) is 23.1 Å². The van der Waals surface area contributed by atoms with Crippen LogP contribution in [-0.4, -0.2) is 9.78 Å². The standard InChI is InChI=1S/C11H15N3S2/c1-3-6-14-11(10(12)8(2)13-14)16-9-5-4-7-15-9/h4-5,7H,3,6,12H2,1-2H3. The number of nitrogen functional groups attached to an aromatic ring is 1. The number of nitrogens with zero attached hydrogens (tertiary/aromatic N) is 2. The van der Waals surface area contributed by atoms with E-state index in [9.17, 15) is 0 Å². The molecule has 2 heterocycles. The van der Waals surface area contributed by atoms with Crippen LogP contribution < -0.4 is 5.73 Å². The molecule has 0 amide bonds. The minimum Gasteiger partial charge on any atom is -0.395 e. The molecule has 2 aromatic rings. The fourth-order valence-corrected chi connectivity index (χ4v) is 3.34. The van der Waals surface area contributed by atoms with Crippen LogP contribution in [0.2, 0.25) is 0 Å². The first kappa shape index (κ1) is 11.5. The van der Waals surface area contributed by atoms with Crippen LogP contribution in [-0.2, 0) is 6.54 Å². The number of aryl methyl sites for hydroxylation is 2. The Labute approximate surface area is 104 Å². The summed E-state index contributed by atoms with van der Waals surface area (Å²) in [5.41, 5.74) is 7.79. The highest BCUT2D eigenvalue weighted by Crippen LogP contribution is 2.36. The minimum absolute atomic E-state index is 0.812. The molecule has 0 saturated heterocycles. The Kier molecular flexibility index (Phi) is 3.56. The third-order valence-electron chi connectivity index (χ3n) is 2.25. The number of thiophene rings is 1. The highest BCUT2D eigenvalue weighted by atomic mass is 32.2. The largest absolute Gasteiger partial charge is 0.395 e. The lowest BCUT2D eigenvalue weighted by atomic mass is 10.4. The molecule has 2 aromatic heterocycles. The highest BCUT2D eigenvalue weighted by Gasteiger charge is 2.13. The molecule has 5 heteroatoms. The van der Waals surface area contributed by atoms with Gasteiger partial charge in [0.15, 0.2) is 0 Å². The number of aromatic nitrogens is 2. The van der Waals surface area contributed by atoms with Gasteiger partial charge in [0.2, 0.25) is 0 Å². The normalized spacial score (nSPS) is 10.9. The summed E-state index contributed by atoms with van der Waals surface area (Å²) >= 11 is 3.43. The van der Waals surface area contributed by atoms with Crippen molar-refractivity contribution in [1.82, 2.24) is 9.78 Å². The molecular formula is C11H15N3S2. The molecule has 0 aromatic carbocycles. The van der Waals surface area contributed by atoms with Gasteiger partial charge in [-0.2, -0.15) is 5.10 Å². The number of nitrogens with two attached hydrogens (primary N) is 1. The zero-order valence-electron chi connectivity index (χ0n) is 9.43. The Hall–Kier alpha value is -0.940. The molecule has 86 valence electrons. The summed E-state index contributed by atoms with van der Waals surface area (Å²) in [4.78, 5) is 0. The average molecular weight is 253 g/mol. The van der Waals surface area contributed by atoms with Crippen molar-refractivity contribution in [3.63, 3.8) is 0 Å². The van der Waals surface area contributed by atoms with E-state index < -0.39 is 0 Å². The number of rotatable bonds is 4. The summed E-state index contributed by atoms with van der Waals surface area (Å²) in [6, 6.07) is 4.16. The van der Waals surface area contributed by atoms with Crippen molar-refractivity contribution < 1.29 is 0 Å². The van der Waals surface area contributed by atoms with Gasteiger partial charge >= 0.3 is 0 Å². The molecular weight excluding hydrogens is 238 g/mol. The highest BCUT2D eigenvalue weighted by molar-refractivity contribution is 8.01. The quantitative estimate of drug-likeness (QED) is 0.908. The van der Waals surface area contributed by atoms with Crippen molar-refractivity contribution in [2.45, 2.75) is 36.0 Å². The topological polar surface area (TPSA) is 43.8 Å². The zero-order valence-corrected chi connectivity index (χ0v) is 11.1. The molecule has 0 aliphatic carbocycles. The van der Waals surface area contributed by atoms with Gasteiger partial charge in [-0.1, -0.05) is 24.8 Å². The number of hydrogen-bond donors (Lipinski definition) is 1. The van der Waals surface area contributed by atoms with Gasteiger partial charge < -0.3 is 5.73 Å². The van der Waals surface area contributed by atoms with E-state index in [2.05, 4.69) is 29.5 Å². The van der Waals surface area contributed by atoms with Crippen molar-refractivity contribution in [2.75, 3.05) is 5.73 Å². The lowest BCUT2D eigenvalue weighted by Gasteiger charge is -2.04. The summed E-state index contributed by atoms with van der Waals surface area (Å²) in [5.74, 6) is 0. The van der Waals surface area contributed by atoms with Crippen LogP contribution in [0.1, 0.15) is 19.0 Å². The lowest BCUT2D eigenvalue weighted by Crippen LogP contribution is -2.01. The maximum atomic E-state index is 6.05. The first-order valence-electron chi connectivity index (χ1n) is 5.26. The molecule has 0 unspecified atom stereocenters. The zero-order chi connectivity index (χ0) is 11.5. The molecule has 2 N–H and O–H groups in total. The van der Waals surface area contributed by atoms with Gasteiger partial charge in [-0.3, -0.25) is 4.68 Å². The van der Waals surface area contributed by atoms with E-state index in [0.29, 0.717) is 0 Å². The first-order valence-corrected chi connectivity index (χ1v) is 6.96. The Morgan fingerprint density at radius 3 is 3.00 bits per heavy atom. The van der Waals surface area contributed by atoms with Crippen molar-refractivity contribution in [2.24, 2.45) is 0 Å². The third kappa shape index (κ3) is 2.25. The van der Waals surface area contributed by atoms with Crippen LogP contribution in [0.3, 0.4) is 0 Å². The Morgan fingerprint density at radius 1 is 1.56 bits per heavy atom. The smallest absolute Gasteiger partial charge is 0.123 e. The molecule has 0 radical (unpaired) electrons. The summed E-state index contributed by atoms with van der Waals surface area (Å²) < 4.78 is 3.26. The Balaban J connectivity index is 2.30. The summed E-state index contributed by atoms with van der Waals surface area (Å²) in [6.07, 6.45) is 1.07. The van der Waals surface area contributed by atoms with Gasteiger partial charge in [-0.05, 0) is 24.8 Å². The molecule has 3 nitrogen and oxygen atoms in total. The average Bonchev–Trinajstić information content (AvgIpc) is 2.84. The fraction of sp³-hybridized carbons (Fsp3) is 0.364. The summed E-state index contributed by atoms with van der Waals surface area (Å²) in [5, 5.41) is 7.60. The van der Waals surface area contributed by atoms with Crippen molar-refractivity contribution in [3.8, 4) is 0 Å². The van der Waals surface area contributed by atoms with E-state index in [1.165, 1.54) is 4.21 Å². The van der Waals surface area contributed by atoms with E-state index in [0.717, 1.165) is 29.4 Å². The maximum absolute atomic E-state index is 6.05. The van der Waals surface area contributed by atoms with Gasteiger partial charge in [0.05, 0.1) is 15.6 Å². The summed E-state index contributed by atoms with van der Waals surface area (Å²) in [7, 11) is 0. The van der Waals surface area contributed by atoms with Gasteiger partial charge in [-0.15, -0.1) is 11.3 Å². The predicted molar refractivity (Wildman–Crippen MR) is 70.1 cm³/mol. The van der Waals surface area contributed by atoms with E-state index in [1.807, 2.05) is 11.6 Å².